The maximum atomic E-state index is 10.7. The molecule has 0 radical (unpaired) electrons. The maximum absolute atomic E-state index is 10.7. The van der Waals surface area contributed by atoms with E-state index in [4.69, 9.17) is 5.11 Å². The fourth-order valence-electron chi connectivity index (χ4n) is 2.03. The predicted molar refractivity (Wildman–Crippen MR) is 69.5 cm³/mol. The Morgan fingerprint density at radius 3 is 3.06 bits per heavy atom. The monoisotopic (exact) mass is 251 g/mol. The summed E-state index contributed by atoms with van der Waals surface area (Å²) in [5.74, 6) is -0.108. The van der Waals surface area contributed by atoms with E-state index in [0.717, 1.165) is 30.3 Å². The second kappa shape index (κ2) is 5.98. The van der Waals surface area contributed by atoms with Crippen LogP contribution in [0.25, 0.3) is 0 Å². The van der Waals surface area contributed by atoms with E-state index in [1.807, 2.05) is 0 Å². The molecule has 1 aromatic heterocycles. The Labute approximate surface area is 105 Å². The van der Waals surface area contributed by atoms with Crippen LogP contribution in [0.2, 0.25) is 0 Å². The van der Waals surface area contributed by atoms with Crippen molar-refractivity contribution in [2.24, 2.45) is 5.92 Å². The van der Waals surface area contributed by atoms with Crippen molar-refractivity contribution >= 4 is 17.3 Å². The Kier molecular flexibility index (Phi) is 4.34. The van der Waals surface area contributed by atoms with Crippen molar-refractivity contribution in [3.63, 3.8) is 0 Å². The predicted octanol–water partition coefficient (Wildman–Crippen LogP) is 2.89. The summed E-state index contributed by atoms with van der Waals surface area (Å²) in [4.78, 5) is 11.8. The largest absolute Gasteiger partial charge is 0.478 e. The fourth-order valence-corrected chi connectivity index (χ4v) is 2.85. The zero-order valence-electron chi connectivity index (χ0n) is 9.69. The molecule has 4 heteroatoms. The van der Waals surface area contributed by atoms with E-state index >= 15 is 0 Å². The standard InChI is InChI=1S/C13H17NO2S/c15-13(16)11-6-12(17-9-11)8-14-7-10-4-2-1-3-5-10/h1-2,6,9-10,14H,3-5,7-8H2,(H,15,16). The highest BCUT2D eigenvalue weighted by Crippen LogP contribution is 2.18. The van der Waals surface area contributed by atoms with Crippen molar-refractivity contribution in [3.8, 4) is 0 Å². The summed E-state index contributed by atoms with van der Waals surface area (Å²) in [6.45, 7) is 1.79. The smallest absolute Gasteiger partial charge is 0.336 e. The average Bonchev–Trinajstić information content (AvgIpc) is 2.79. The van der Waals surface area contributed by atoms with E-state index in [1.54, 1.807) is 11.4 Å². The molecule has 2 rings (SSSR count). The average molecular weight is 251 g/mol. The summed E-state index contributed by atoms with van der Waals surface area (Å²) >= 11 is 1.51. The zero-order valence-corrected chi connectivity index (χ0v) is 10.5. The summed E-state index contributed by atoms with van der Waals surface area (Å²) in [7, 11) is 0. The third-order valence-electron chi connectivity index (χ3n) is 3.01. The van der Waals surface area contributed by atoms with Crippen LogP contribution in [0, 0.1) is 5.92 Å². The molecule has 1 aliphatic carbocycles. The quantitative estimate of drug-likeness (QED) is 0.791. The molecule has 0 bridgehead atoms. The van der Waals surface area contributed by atoms with Crippen molar-refractivity contribution in [2.75, 3.05) is 6.54 Å². The number of carbonyl (C=O) groups is 1. The van der Waals surface area contributed by atoms with Crippen LogP contribution >= 0.6 is 11.3 Å². The van der Waals surface area contributed by atoms with Crippen molar-refractivity contribution in [1.29, 1.82) is 0 Å². The zero-order chi connectivity index (χ0) is 12.1. The molecule has 0 saturated carbocycles. The van der Waals surface area contributed by atoms with Crippen LogP contribution in [0.4, 0.5) is 0 Å². The third-order valence-corrected chi connectivity index (χ3v) is 3.95. The van der Waals surface area contributed by atoms with Crippen molar-refractivity contribution in [1.82, 2.24) is 5.32 Å². The second-order valence-corrected chi connectivity index (χ2v) is 5.38. The number of carboxylic acids is 1. The van der Waals surface area contributed by atoms with Crippen LogP contribution in [-0.4, -0.2) is 17.6 Å². The lowest BCUT2D eigenvalue weighted by Crippen LogP contribution is -2.22. The Morgan fingerprint density at radius 1 is 1.53 bits per heavy atom. The van der Waals surface area contributed by atoms with E-state index < -0.39 is 5.97 Å². The van der Waals surface area contributed by atoms with Gasteiger partial charge < -0.3 is 10.4 Å². The number of allylic oxidation sites excluding steroid dienone is 2. The first kappa shape index (κ1) is 12.3. The molecule has 0 amide bonds. The Balaban J connectivity index is 1.73. The molecule has 0 saturated heterocycles. The molecule has 1 unspecified atom stereocenters. The molecule has 3 nitrogen and oxygen atoms in total. The van der Waals surface area contributed by atoms with E-state index in [0.29, 0.717) is 5.56 Å². The molecule has 0 aliphatic heterocycles. The lowest BCUT2D eigenvalue weighted by atomic mass is 9.94. The number of hydrogen-bond donors (Lipinski definition) is 2. The van der Waals surface area contributed by atoms with E-state index in [2.05, 4.69) is 17.5 Å². The minimum Gasteiger partial charge on any atom is -0.478 e. The summed E-state index contributed by atoms with van der Waals surface area (Å²) in [5, 5.41) is 13.9. The number of rotatable bonds is 5. The third kappa shape index (κ3) is 3.68. The maximum Gasteiger partial charge on any atom is 0.336 e. The number of thiophene rings is 1. The summed E-state index contributed by atoms with van der Waals surface area (Å²) in [6, 6.07) is 1.75. The van der Waals surface area contributed by atoms with Gasteiger partial charge in [0.15, 0.2) is 0 Å². The van der Waals surface area contributed by atoms with Crippen molar-refractivity contribution < 1.29 is 9.90 Å². The Morgan fingerprint density at radius 2 is 2.41 bits per heavy atom. The number of aromatic carboxylic acids is 1. The van der Waals surface area contributed by atoms with Crippen LogP contribution in [0.3, 0.4) is 0 Å². The first-order valence-electron chi connectivity index (χ1n) is 5.92. The van der Waals surface area contributed by atoms with Crippen LogP contribution in [0.5, 0.6) is 0 Å². The summed E-state index contributed by atoms with van der Waals surface area (Å²) < 4.78 is 0. The molecule has 0 spiro atoms. The number of carboxylic acid groups (broad SMARTS) is 1. The molecule has 92 valence electrons. The normalized spacial score (nSPS) is 19.4. The lowest BCUT2D eigenvalue weighted by Gasteiger charge is -2.17. The van der Waals surface area contributed by atoms with Gasteiger partial charge in [0, 0.05) is 16.8 Å². The Bertz CT molecular complexity index is 411. The molecule has 0 fully saturated rings. The van der Waals surface area contributed by atoms with Gasteiger partial charge in [-0.1, -0.05) is 12.2 Å². The van der Waals surface area contributed by atoms with Gasteiger partial charge in [0.1, 0.15) is 0 Å². The van der Waals surface area contributed by atoms with E-state index in [9.17, 15) is 4.79 Å². The number of hydrogen-bond acceptors (Lipinski definition) is 3. The minimum absolute atomic E-state index is 0.396. The van der Waals surface area contributed by atoms with Crippen LogP contribution in [0.1, 0.15) is 34.5 Å². The van der Waals surface area contributed by atoms with E-state index in [1.165, 1.54) is 24.2 Å². The van der Waals surface area contributed by atoms with Gasteiger partial charge in [0.05, 0.1) is 5.56 Å². The first-order chi connectivity index (χ1) is 8.25. The molecule has 0 aromatic carbocycles. The number of nitrogens with one attached hydrogen (secondary N) is 1. The highest BCUT2D eigenvalue weighted by atomic mass is 32.1. The first-order valence-corrected chi connectivity index (χ1v) is 6.80. The van der Waals surface area contributed by atoms with Crippen molar-refractivity contribution in [2.45, 2.75) is 25.8 Å². The minimum atomic E-state index is -0.843. The van der Waals surface area contributed by atoms with Gasteiger partial charge in [0.2, 0.25) is 0 Å². The fraction of sp³-hybridized carbons (Fsp3) is 0.462. The van der Waals surface area contributed by atoms with Gasteiger partial charge >= 0.3 is 5.97 Å². The van der Waals surface area contributed by atoms with Gasteiger partial charge in [-0.05, 0) is 37.8 Å². The highest BCUT2D eigenvalue weighted by molar-refractivity contribution is 7.10. The van der Waals surface area contributed by atoms with Crippen LogP contribution in [-0.2, 0) is 6.54 Å². The van der Waals surface area contributed by atoms with E-state index in [-0.39, 0.29) is 0 Å². The van der Waals surface area contributed by atoms with Crippen LogP contribution in [0.15, 0.2) is 23.6 Å². The lowest BCUT2D eigenvalue weighted by molar-refractivity contribution is 0.0697. The SMILES string of the molecule is O=C(O)c1csc(CNCC2CC=CCC2)c1. The van der Waals surface area contributed by atoms with Crippen LogP contribution < -0.4 is 5.32 Å². The summed E-state index contributed by atoms with van der Waals surface area (Å²) in [5.41, 5.74) is 0.396. The van der Waals surface area contributed by atoms with Gasteiger partial charge in [-0.15, -0.1) is 11.3 Å². The van der Waals surface area contributed by atoms with Gasteiger partial charge in [-0.25, -0.2) is 4.79 Å². The summed E-state index contributed by atoms with van der Waals surface area (Å²) in [6.07, 6.45) is 8.11. The van der Waals surface area contributed by atoms with Gasteiger partial charge in [-0.3, -0.25) is 0 Å². The molecular formula is C13H17NO2S. The molecular weight excluding hydrogens is 234 g/mol. The molecule has 1 heterocycles. The molecule has 2 N–H and O–H groups in total. The Hall–Kier alpha value is -1.13. The molecule has 1 aliphatic rings. The van der Waals surface area contributed by atoms with Gasteiger partial charge in [-0.2, -0.15) is 0 Å². The molecule has 1 atom stereocenters. The second-order valence-electron chi connectivity index (χ2n) is 4.39. The topological polar surface area (TPSA) is 49.3 Å². The molecule has 17 heavy (non-hydrogen) atoms. The highest BCUT2D eigenvalue weighted by Gasteiger charge is 2.10. The molecule has 1 aromatic rings. The van der Waals surface area contributed by atoms with Crippen molar-refractivity contribution in [3.05, 3.63) is 34.0 Å². The van der Waals surface area contributed by atoms with Gasteiger partial charge in [0.25, 0.3) is 0 Å².